The largest absolute Gasteiger partial charge is 0.264 e. The maximum Gasteiger partial charge on any atom is 0.0725 e. The smallest absolute Gasteiger partial charge is 0.0725 e. The average Bonchev–Trinajstić information content (AvgIpc) is 3.93. The highest BCUT2D eigenvalue weighted by atomic mass is 14.6. The Morgan fingerprint density at radius 2 is 0.770 bits per heavy atom. The first-order valence-electron chi connectivity index (χ1n) is 21.1. The molecule has 1 spiro atoms. The van der Waals surface area contributed by atoms with Gasteiger partial charge in [0.05, 0.1) is 5.41 Å². The first-order valence-corrected chi connectivity index (χ1v) is 21.1. The normalized spacial score (nSPS) is 13.4. The zero-order chi connectivity index (χ0) is 39.8. The van der Waals surface area contributed by atoms with Gasteiger partial charge in [-0.2, -0.15) is 0 Å². The van der Waals surface area contributed by atoms with Crippen LogP contribution in [0.2, 0.25) is 0 Å². The summed E-state index contributed by atoms with van der Waals surface area (Å²) in [6.07, 6.45) is 7.81. The van der Waals surface area contributed by atoms with Crippen molar-refractivity contribution in [1.82, 2.24) is 9.97 Å². The van der Waals surface area contributed by atoms with Crippen LogP contribution in [0.5, 0.6) is 0 Å². The third kappa shape index (κ3) is 4.26. The molecule has 0 amide bonds. The van der Waals surface area contributed by atoms with E-state index < -0.39 is 5.41 Å². The number of rotatable bonds is 3. The van der Waals surface area contributed by atoms with E-state index in [-0.39, 0.29) is 0 Å². The van der Waals surface area contributed by atoms with E-state index in [9.17, 15) is 0 Å². The summed E-state index contributed by atoms with van der Waals surface area (Å²) in [6, 6.07) is 68.5. The van der Waals surface area contributed by atoms with Crippen LogP contribution >= 0.6 is 0 Å². The molecule has 2 nitrogen and oxygen atoms in total. The number of pyridine rings is 2. The van der Waals surface area contributed by atoms with E-state index in [1.807, 2.05) is 24.8 Å². The molecule has 61 heavy (non-hydrogen) atoms. The second-order valence-corrected chi connectivity index (χ2v) is 16.8. The highest BCUT2D eigenvalue weighted by Gasteiger charge is 2.53. The molecule has 0 unspecified atom stereocenters. The number of fused-ring (bicyclic) bond motifs is 15. The van der Waals surface area contributed by atoms with Gasteiger partial charge >= 0.3 is 0 Å². The van der Waals surface area contributed by atoms with Crippen LogP contribution < -0.4 is 0 Å². The van der Waals surface area contributed by atoms with Crippen LogP contribution in [0.15, 0.2) is 207 Å². The van der Waals surface area contributed by atoms with Gasteiger partial charge in [-0.05, 0) is 158 Å². The van der Waals surface area contributed by atoms with Crippen molar-refractivity contribution < 1.29 is 0 Å². The molecule has 2 aromatic heterocycles. The fourth-order valence-electron chi connectivity index (χ4n) is 11.6. The lowest BCUT2D eigenvalue weighted by Crippen LogP contribution is -2.26. The third-order valence-electron chi connectivity index (χ3n) is 14.0. The van der Waals surface area contributed by atoms with Gasteiger partial charge in [0, 0.05) is 35.6 Å². The van der Waals surface area contributed by atoms with Crippen LogP contribution in [0, 0.1) is 0 Å². The van der Waals surface area contributed by atoms with Gasteiger partial charge in [0.25, 0.3) is 0 Å². The first kappa shape index (κ1) is 33.0. The molecule has 0 fully saturated rings. The zero-order valence-electron chi connectivity index (χ0n) is 33.0. The van der Waals surface area contributed by atoms with Crippen molar-refractivity contribution in [3.05, 3.63) is 229 Å². The predicted octanol–water partition coefficient (Wildman–Crippen LogP) is 14.9. The Kier molecular flexibility index (Phi) is 6.52. The minimum Gasteiger partial charge on any atom is -0.264 e. The maximum absolute atomic E-state index is 4.63. The second-order valence-electron chi connectivity index (χ2n) is 16.8. The van der Waals surface area contributed by atoms with Crippen molar-refractivity contribution in [3.63, 3.8) is 0 Å². The molecular formula is C59H34N2. The monoisotopic (exact) mass is 770 g/mol. The van der Waals surface area contributed by atoms with Crippen molar-refractivity contribution >= 4 is 32.3 Å². The third-order valence-corrected chi connectivity index (χ3v) is 14.0. The zero-order valence-corrected chi connectivity index (χ0v) is 33.0. The van der Waals surface area contributed by atoms with Crippen LogP contribution in [0.4, 0.5) is 0 Å². The highest BCUT2D eigenvalue weighted by molar-refractivity contribution is 6.21. The number of aromatic nitrogens is 2. The van der Waals surface area contributed by atoms with Gasteiger partial charge in [-0.15, -0.1) is 0 Å². The molecule has 0 saturated heterocycles. The number of benzene rings is 9. The molecule has 3 aliphatic carbocycles. The highest BCUT2D eigenvalue weighted by Crippen LogP contribution is 2.67. The fourth-order valence-corrected chi connectivity index (χ4v) is 11.6. The second kappa shape index (κ2) is 12.1. The molecule has 2 heterocycles. The average molecular weight is 771 g/mol. The molecule has 280 valence electrons. The lowest BCUT2D eigenvalue weighted by Gasteiger charge is -2.31. The molecule has 14 rings (SSSR count). The molecular weight excluding hydrogens is 737 g/mol. The Hall–Kier alpha value is -7.94. The van der Waals surface area contributed by atoms with E-state index in [2.05, 4.69) is 192 Å². The van der Waals surface area contributed by atoms with Crippen molar-refractivity contribution in [2.75, 3.05) is 0 Å². The summed E-state index contributed by atoms with van der Waals surface area (Å²) < 4.78 is 0. The minimum absolute atomic E-state index is 0.491. The van der Waals surface area contributed by atoms with Gasteiger partial charge in [0.2, 0.25) is 0 Å². The number of hydrogen-bond acceptors (Lipinski definition) is 2. The Morgan fingerprint density at radius 1 is 0.295 bits per heavy atom. The summed E-state index contributed by atoms with van der Waals surface area (Å²) in [5, 5.41) is 7.22. The summed E-state index contributed by atoms with van der Waals surface area (Å²) >= 11 is 0. The molecule has 0 atom stereocenters. The minimum atomic E-state index is -0.491. The molecule has 0 saturated carbocycles. The SMILES string of the molecule is c1ccc2c(c1)-c1ccccc1C21c2ccccc2-c2c1cc1c(c2-c2cc(-c3cccc4ccncc34)cc(-c3cccc4ccncc34)c2)-c2cccc3cccc-1c23. The van der Waals surface area contributed by atoms with Gasteiger partial charge in [-0.1, -0.05) is 146 Å². The van der Waals surface area contributed by atoms with Crippen molar-refractivity contribution in [1.29, 1.82) is 0 Å². The van der Waals surface area contributed by atoms with Crippen molar-refractivity contribution in [2.45, 2.75) is 5.41 Å². The van der Waals surface area contributed by atoms with Crippen molar-refractivity contribution in [3.8, 4) is 77.9 Å². The fraction of sp³-hybridized carbons (Fsp3) is 0.0169. The standard InChI is InChI=1S/C59H34N2/c1-4-22-51-43(15-1)44-16-2-5-23-52(44)59(51)53-24-6-3-17-46(53)58-54(59)32-48-45-20-9-13-37-14-10-21-47(55(37)45)57(48)56(58)40-30-38(41-18-7-11-35-25-27-60-33-49(35)41)29-39(31-40)42-19-8-12-36-26-28-61-34-50(36)42/h1-34H. The molecule has 11 aromatic rings. The molecule has 0 N–H and O–H groups in total. The summed E-state index contributed by atoms with van der Waals surface area (Å²) in [5.74, 6) is 0. The van der Waals surface area contributed by atoms with Gasteiger partial charge < -0.3 is 0 Å². The topological polar surface area (TPSA) is 25.8 Å². The summed E-state index contributed by atoms with van der Waals surface area (Å²) in [7, 11) is 0. The molecule has 3 aliphatic rings. The van der Waals surface area contributed by atoms with E-state index >= 15 is 0 Å². The van der Waals surface area contributed by atoms with Crippen LogP contribution in [0.3, 0.4) is 0 Å². The summed E-state index contributed by atoms with van der Waals surface area (Å²) in [5.41, 5.74) is 22.4. The number of hydrogen-bond donors (Lipinski definition) is 0. The Morgan fingerprint density at radius 3 is 1.38 bits per heavy atom. The van der Waals surface area contributed by atoms with Gasteiger partial charge in [-0.25, -0.2) is 0 Å². The van der Waals surface area contributed by atoms with Gasteiger partial charge in [0.15, 0.2) is 0 Å². The Labute approximate surface area is 353 Å². The number of nitrogens with zero attached hydrogens (tertiary/aromatic N) is 2. The molecule has 0 radical (unpaired) electrons. The van der Waals surface area contributed by atoms with Gasteiger partial charge in [0.1, 0.15) is 0 Å². The molecule has 9 aromatic carbocycles. The van der Waals surface area contributed by atoms with E-state index in [0.717, 1.165) is 33.0 Å². The lowest BCUT2D eigenvalue weighted by atomic mass is 9.69. The Balaban J connectivity index is 1.18. The van der Waals surface area contributed by atoms with E-state index in [0.29, 0.717) is 0 Å². The summed E-state index contributed by atoms with van der Waals surface area (Å²) in [4.78, 5) is 9.27. The molecule has 0 bridgehead atoms. The van der Waals surface area contributed by atoms with Crippen LogP contribution in [-0.4, -0.2) is 9.97 Å². The Bertz CT molecular complexity index is 3560. The predicted molar refractivity (Wildman–Crippen MR) is 252 cm³/mol. The quantitative estimate of drug-likeness (QED) is 0.179. The maximum atomic E-state index is 4.63. The van der Waals surface area contributed by atoms with Crippen LogP contribution in [-0.2, 0) is 5.41 Å². The van der Waals surface area contributed by atoms with E-state index in [1.54, 1.807) is 0 Å². The first-order chi connectivity index (χ1) is 30.3. The molecule has 0 aliphatic heterocycles. The van der Waals surface area contributed by atoms with E-state index in [1.165, 1.54) is 99.4 Å². The lowest BCUT2D eigenvalue weighted by molar-refractivity contribution is 0.794. The summed E-state index contributed by atoms with van der Waals surface area (Å²) in [6.45, 7) is 0. The van der Waals surface area contributed by atoms with Crippen LogP contribution in [0.25, 0.3) is 110 Å². The van der Waals surface area contributed by atoms with Gasteiger partial charge in [-0.3, -0.25) is 9.97 Å². The molecule has 2 heteroatoms. The van der Waals surface area contributed by atoms with E-state index in [4.69, 9.17) is 0 Å². The van der Waals surface area contributed by atoms with Crippen molar-refractivity contribution in [2.24, 2.45) is 0 Å². The van der Waals surface area contributed by atoms with Crippen LogP contribution in [0.1, 0.15) is 22.3 Å².